The number of H-pyrrole nitrogens is 1. The van der Waals surface area contributed by atoms with E-state index in [9.17, 15) is 4.79 Å². The molecule has 7 heteroatoms. The third-order valence-electron chi connectivity index (χ3n) is 4.09. The third kappa shape index (κ3) is 3.83. The normalized spacial score (nSPS) is 11.0. The maximum atomic E-state index is 12.6. The fraction of sp³-hybridized carbons (Fsp3) is 0.150. The number of nitrogens with zero attached hydrogens (tertiary/aromatic N) is 2. The topological polar surface area (TPSA) is 69.5 Å². The van der Waals surface area contributed by atoms with Crippen molar-refractivity contribution in [1.82, 2.24) is 9.97 Å². The van der Waals surface area contributed by atoms with Crippen LogP contribution in [0.2, 0.25) is 0 Å². The van der Waals surface area contributed by atoms with Crippen molar-refractivity contribution in [3.63, 3.8) is 0 Å². The van der Waals surface area contributed by atoms with Crippen LogP contribution in [0, 0.1) is 18.3 Å². The Hall–Kier alpha value is -2.40. The van der Waals surface area contributed by atoms with Crippen molar-refractivity contribution in [3.05, 3.63) is 74.0 Å². The zero-order valence-corrected chi connectivity index (χ0v) is 16.9. The van der Waals surface area contributed by atoms with Gasteiger partial charge >= 0.3 is 0 Å². The monoisotopic (exact) mass is 409 g/mol. The Kier molecular flexibility index (Phi) is 5.12. The summed E-state index contributed by atoms with van der Waals surface area (Å²) in [6, 6.07) is 13.8. The number of aromatic amines is 1. The second-order valence-electron chi connectivity index (χ2n) is 6.05. The van der Waals surface area contributed by atoms with Crippen LogP contribution in [0.3, 0.4) is 0 Å². The first kappa shape index (κ1) is 18.0. The molecule has 0 aliphatic carbocycles. The van der Waals surface area contributed by atoms with Gasteiger partial charge in [-0.1, -0.05) is 12.1 Å². The number of thiophene rings is 2. The van der Waals surface area contributed by atoms with Crippen LogP contribution >= 0.6 is 34.4 Å². The molecule has 3 heterocycles. The zero-order valence-electron chi connectivity index (χ0n) is 14.5. The average Bonchev–Trinajstić information content (AvgIpc) is 3.28. The predicted molar refractivity (Wildman–Crippen MR) is 114 cm³/mol. The molecule has 3 aromatic heterocycles. The number of thioether (sulfide) groups is 1. The first-order valence-corrected chi connectivity index (χ1v) is 11.1. The number of hydrogen-bond donors (Lipinski definition) is 1. The molecule has 27 heavy (non-hydrogen) atoms. The molecule has 0 aliphatic rings. The number of hydrogen-bond acceptors (Lipinski definition) is 6. The quantitative estimate of drug-likeness (QED) is 0.484. The van der Waals surface area contributed by atoms with Crippen molar-refractivity contribution in [2.75, 3.05) is 0 Å². The van der Waals surface area contributed by atoms with Gasteiger partial charge in [-0.15, -0.1) is 34.4 Å². The Balaban J connectivity index is 1.52. The van der Waals surface area contributed by atoms with Crippen molar-refractivity contribution in [2.24, 2.45) is 0 Å². The van der Waals surface area contributed by atoms with Crippen LogP contribution < -0.4 is 5.56 Å². The van der Waals surface area contributed by atoms with Gasteiger partial charge in [-0.05, 0) is 36.8 Å². The van der Waals surface area contributed by atoms with Crippen LogP contribution in [0.4, 0.5) is 0 Å². The number of aryl methyl sites for hydroxylation is 1. The first-order valence-electron chi connectivity index (χ1n) is 8.28. The first-order chi connectivity index (χ1) is 13.1. The van der Waals surface area contributed by atoms with E-state index in [2.05, 4.69) is 35.1 Å². The molecule has 0 atom stereocenters. The van der Waals surface area contributed by atoms with E-state index >= 15 is 0 Å². The Bertz CT molecular complexity index is 1200. The summed E-state index contributed by atoms with van der Waals surface area (Å²) < 4.78 is 0. The largest absolute Gasteiger partial charge is 0.309 e. The second-order valence-corrected chi connectivity index (χ2v) is 9.19. The lowest BCUT2D eigenvalue weighted by molar-refractivity contribution is 1.05. The molecule has 4 aromatic rings. The highest BCUT2D eigenvalue weighted by atomic mass is 32.2. The molecule has 1 aromatic carbocycles. The van der Waals surface area contributed by atoms with E-state index in [1.54, 1.807) is 23.1 Å². The number of fused-ring (bicyclic) bond motifs is 1. The Morgan fingerprint density at radius 2 is 2.00 bits per heavy atom. The minimum atomic E-state index is -0.0729. The fourth-order valence-electron chi connectivity index (χ4n) is 2.76. The summed E-state index contributed by atoms with van der Waals surface area (Å²) in [5.74, 6) is 2.13. The lowest BCUT2D eigenvalue weighted by Crippen LogP contribution is -2.10. The number of nitriles is 1. The molecule has 134 valence electrons. The molecule has 0 fully saturated rings. The van der Waals surface area contributed by atoms with E-state index in [0.29, 0.717) is 22.5 Å². The molecule has 0 unspecified atom stereocenters. The molecule has 0 spiro atoms. The van der Waals surface area contributed by atoms with Gasteiger partial charge in [-0.3, -0.25) is 4.79 Å². The Morgan fingerprint density at radius 3 is 2.70 bits per heavy atom. The minimum Gasteiger partial charge on any atom is -0.309 e. The van der Waals surface area contributed by atoms with E-state index in [1.807, 2.05) is 29.6 Å². The van der Waals surface area contributed by atoms with Gasteiger partial charge in [0.1, 0.15) is 10.7 Å². The lowest BCUT2D eigenvalue weighted by atomic mass is 10.2. The Labute approximate surface area is 168 Å². The summed E-state index contributed by atoms with van der Waals surface area (Å²) in [6.45, 7) is 2.06. The van der Waals surface area contributed by atoms with Gasteiger partial charge in [0.15, 0.2) is 0 Å². The highest BCUT2D eigenvalue weighted by molar-refractivity contribution is 7.97. The molecular formula is C20H15N3OS3. The molecule has 1 N–H and O–H groups in total. The highest BCUT2D eigenvalue weighted by Gasteiger charge is 2.14. The molecule has 0 amide bonds. The van der Waals surface area contributed by atoms with Crippen molar-refractivity contribution in [3.8, 4) is 16.5 Å². The molecule has 0 radical (unpaired) electrons. The van der Waals surface area contributed by atoms with Crippen molar-refractivity contribution in [1.29, 1.82) is 5.26 Å². The van der Waals surface area contributed by atoms with E-state index in [-0.39, 0.29) is 5.56 Å². The molecule has 0 saturated heterocycles. The summed E-state index contributed by atoms with van der Waals surface area (Å²) in [5.41, 5.74) is 2.71. The average molecular weight is 410 g/mol. The SMILES string of the molecule is Cc1ccc(-c2csc3nc(CSCc4ccc(C#N)cc4)[nH]c(=O)c23)s1. The van der Waals surface area contributed by atoms with Gasteiger partial charge in [-0.2, -0.15) is 5.26 Å². The van der Waals surface area contributed by atoms with Gasteiger partial charge in [-0.25, -0.2) is 4.98 Å². The van der Waals surface area contributed by atoms with E-state index in [4.69, 9.17) is 5.26 Å². The van der Waals surface area contributed by atoms with Crippen LogP contribution in [0.15, 0.2) is 46.6 Å². The van der Waals surface area contributed by atoms with Gasteiger partial charge in [0.25, 0.3) is 5.56 Å². The van der Waals surface area contributed by atoms with Crippen molar-refractivity contribution < 1.29 is 0 Å². The van der Waals surface area contributed by atoms with Gasteiger partial charge in [0, 0.05) is 26.5 Å². The van der Waals surface area contributed by atoms with Crippen LogP contribution in [0.5, 0.6) is 0 Å². The van der Waals surface area contributed by atoms with E-state index in [0.717, 1.165) is 26.6 Å². The molecule has 4 rings (SSSR count). The fourth-order valence-corrected chi connectivity index (χ4v) is 5.55. The summed E-state index contributed by atoms with van der Waals surface area (Å²) >= 11 is 4.89. The molecule has 4 nitrogen and oxygen atoms in total. The van der Waals surface area contributed by atoms with Crippen LogP contribution in [0.25, 0.3) is 20.7 Å². The molecule has 0 bridgehead atoms. The van der Waals surface area contributed by atoms with E-state index in [1.165, 1.54) is 16.2 Å². The van der Waals surface area contributed by atoms with Crippen molar-refractivity contribution >= 4 is 44.7 Å². The molecular weight excluding hydrogens is 394 g/mol. The maximum Gasteiger partial charge on any atom is 0.260 e. The summed E-state index contributed by atoms with van der Waals surface area (Å²) in [5, 5.41) is 11.5. The van der Waals surface area contributed by atoms with Crippen LogP contribution in [-0.4, -0.2) is 9.97 Å². The Morgan fingerprint density at radius 1 is 1.19 bits per heavy atom. The number of nitrogens with one attached hydrogen (secondary N) is 1. The number of aromatic nitrogens is 2. The van der Waals surface area contributed by atoms with Gasteiger partial charge in [0.2, 0.25) is 0 Å². The standard InChI is InChI=1S/C20H15N3OS3/c1-12-2-7-16(27-12)15-10-26-20-18(15)19(24)22-17(23-20)11-25-9-14-5-3-13(8-21)4-6-14/h2-7,10H,9,11H2,1H3,(H,22,23,24). The summed E-state index contributed by atoms with van der Waals surface area (Å²) in [7, 11) is 0. The maximum absolute atomic E-state index is 12.6. The smallest absolute Gasteiger partial charge is 0.260 e. The third-order valence-corrected chi connectivity index (χ3v) is 7.01. The van der Waals surface area contributed by atoms with Crippen LogP contribution in [0.1, 0.15) is 21.8 Å². The molecule has 0 aliphatic heterocycles. The minimum absolute atomic E-state index is 0.0729. The number of benzene rings is 1. The predicted octanol–water partition coefficient (Wildman–Crippen LogP) is 5.33. The zero-order chi connectivity index (χ0) is 18.8. The second kappa shape index (κ2) is 7.69. The number of rotatable bonds is 5. The van der Waals surface area contributed by atoms with Gasteiger partial charge in [0.05, 0.1) is 22.8 Å². The highest BCUT2D eigenvalue weighted by Crippen LogP contribution is 2.35. The molecule has 0 saturated carbocycles. The summed E-state index contributed by atoms with van der Waals surface area (Å²) in [4.78, 5) is 23.3. The lowest BCUT2D eigenvalue weighted by Gasteiger charge is -2.03. The van der Waals surface area contributed by atoms with Crippen molar-refractivity contribution in [2.45, 2.75) is 18.4 Å². The summed E-state index contributed by atoms with van der Waals surface area (Å²) in [6.07, 6.45) is 0. The van der Waals surface area contributed by atoms with E-state index < -0.39 is 0 Å². The van der Waals surface area contributed by atoms with Gasteiger partial charge < -0.3 is 4.98 Å². The van der Waals surface area contributed by atoms with Crippen LogP contribution in [-0.2, 0) is 11.5 Å².